The largest absolute Gasteiger partial charge is 0.457 e. The predicted octanol–water partition coefficient (Wildman–Crippen LogP) is 5.88. The molecule has 1 aliphatic rings. The molecule has 0 spiro atoms. The van der Waals surface area contributed by atoms with Crippen LogP contribution in [0, 0.1) is 0 Å². The predicted molar refractivity (Wildman–Crippen MR) is 103 cm³/mol. The van der Waals surface area contributed by atoms with Crippen LogP contribution in [-0.2, 0) is 9.53 Å². The number of rotatable bonds is 13. The quantitative estimate of drug-likeness (QED) is 0.251. The highest BCUT2D eigenvalue weighted by Crippen LogP contribution is 2.36. The van der Waals surface area contributed by atoms with Crippen LogP contribution in [0.25, 0.3) is 0 Å². The summed E-state index contributed by atoms with van der Waals surface area (Å²) in [7, 11) is 0. The van der Waals surface area contributed by atoms with Crippen LogP contribution in [-0.4, -0.2) is 12.8 Å². The number of benzene rings is 1. The molecule has 4 nitrogen and oxygen atoms in total. The van der Waals surface area contributed by atoms with Gasteiger partial charge >= 0.3 is 5.97 Å². The van der Waals surface area contributed by atoms with Crippen molar-refractivity contribution < 1.29 is 19.0 Å². The molecular weight excluding hydrogens is 328 g/mol. The first kappa shape index (κ1) is 20.1. The van der Waals surface area contributed by atoms with Crippen molar-refractivity contribution in [3.05, 3.63) is 49.1 Å². The number of esters is 1. The number of allylic oxidation sites excluding steroid dienone is 1. The Morgan fingerprint density at radius 2 is 1.77 bits per heavy atom. The van der Waals surface area contributed by atoms with Gasteiger partial charge in [0.2, 0.25) is 6.79 Å². The van der Waals surface area contributed by atoms with Crippen LogP contribution in [0.15, 0.2) is 43.5 Å². The Kier molecular flexibility index (Phi) is 8.81. The lowest BCUT2D eigenvalue weighted by molar-refractivity contribution is -0.149. The van der Waals surface area contributed by atoms with E-state index in [-0.39, 0.29) is 18.9 Å². The van der Waals surface area contributed by atoms with Crippen molar-refractivity contribution in [2.24, 2.45) is 0 Å². The minimum Gasteiger partial charge on any atom is -0.457 e. The van der Waals surface area contributed by atoms with E-state index < -0.39 is 0 Å². The highest BCUT2D eigenvalue weighted by atomic mass is 16.7. The maximum absolute atomic E-state index is 12.2. The Morgan fingerprint density at radius 1 is 1.04 bits per heavy atom. The lowest BCUT2D eigenvalue weighted by atomic mass is 10.1. The Hall–Kier alpha value is -2.23. The molecule has 142 valence electrons. The van der Waals surface area contributed by atoms with Crippen LogP contribution in [0.4, 0.5) is 0 Å². The van der Waals surface area contributed by atoms with E-state index in [1.165, 1.54) is 25.7 Å². The zero-order valence-electron chi connectivity index (χ0n) is 15.6. The van der Waals surface area contributed by atoms with E-state index in [2.05, 4.69) is 13.2 Å². The molecule has 0 saturated carbocycles. The van der Waals surface area contributed by atoms with E-state index in [0.717, 1.165) is 30.6 Å². The van der Waals surface area contributed by atoms with Crippen molar-refractivity contribution in [2.75, 3.05) is 6.79 Å². The number of hydrogen-bond donors (Lipinski definition) is 0. The van der Waals surface area contributed by atoms with Crippen molar-refractivity contribution in [1.29, 1.82) is 0 Å². The van der Waals surface area contributed by atoms with Gasteiger partial charge in [0.1, 0.15) is 6.10 Å². The van der Waals surface area contributed by atoms with E-state index in [1.54, 1.807) is 6.08 Å². The Morgan fingerprint density at radius 3 is 2.54 bits per heavy atom. The third-order valence-electron chi connectivity index (χ3n) is 4.46. The highest BCUT2D eigenvalue weighted by molar-refractivity contribution is 5.69. The molecule has 0 amide bonds. The smallest absolute Gasteiger partial charge is 0.306 e. The minimum atomic E-state index is -0.326. The first-order valence-corrected chi connectivity index (χ1v) is 9.55. The summed E-state index contributed by atoms with van der Waals surface area (Å²) in [6.45, 7) is 7.74. The summed E-state index contributed by atoms with van der Waals surface area (Å²) in [5.74, 6) is 1.27. The van der Waals surface area contributed by atoms with Gasteiger partial charge in [0, 0.05) is 12.8 Å². The van der Waals surface area contributed by atoms with Gasteiger partial charge in [-0.15, -0.1) is 13.2 Å². The molecule has 0 bridgehead atoms. The first-order valence-electron chi connectivity index (χ1n) is 9.55. The zero-order chi connectivity index (χ0) is 18.6. The molecule has 0 aliphatic carbocycles. The van der Waals surface area contributed by atoms with Gasteiger partial charge in [0.15, 0.2) is 11.5 Å². The van der Waals surface area contributed by atoms with Crippen LogP contribution in [0.2, 0.25) is 0 Å². The second-order valence-corrected chi connectivity index (χ2v) is 6.56. The number of carbonyl (C=O) groups excluding carboxylic acids is 1. The molecule has 1 aromatic carbocycles. The van der Waals surface area contributed by atoms with Gasteiger partial charge in [-0.2, -0.15) is 0 Å². The molecule has 1 aliphatic heterocycles. The molecule has 0 radical (unpaired) electrons. The minimum absolute atomic E-state index is 0.152. The second kappa shape index (κ2) is 11.4. The lowest BCUT2D eigenvalue weighted by Crippen LogP contribution is -2.11. The number of fused-ring (bicyclic) bond motifs is 1. The van der Waals surface area contributed by atoms with Gasteiger partial charge in [0.05, 0.1) is 0 Å². The Bertz CT molecular complexity index is 594. The number of hydrogen-bond acceptors (Lipinski definition) is 4. The van der Waals surface area contributed by atoms with Gasteiger partial charge in [-0.1, -0.05) is 43.9 Å². The number of carbonyl (C=O) groups is 1. The van der Waals surface area contributed by atoms with Gasteiger partial charge in [-0.25, -0.2) is 0 Å². The zero-order valence-corrected chi connectivity index (χ0v) is 15.6. The van der Waals surface area contributed by atoms with Crippen LogP contribution in [0.5, 0.6) is 11.5 Å². The van der Waals surface area contributed by atoms with E-state index >= 15 is 0 Å². The van der Waals surface area contributed by atoms with Gasteiger partial charge < -0.3 is 14.2 Å². The standard InChI is InChI=1S/C22H30O4/c1-3-5-6-7-8-9-10-11-13-22(23)26-19(12-4-2)18-14-15-20-21(16-18)25-17-24-20/h3-4,14-16,19H,1-2,5-13,17H2/t19-/m0/s1. The van der Waals surface area contributed by atoms with Gasteiger partial charge in [0.25, 0.3) is 0 Å². The molecule has 1 atom stereocenters. The van der Waals surface area contributed by atoms with Crippen molar-refractivity contribution in [3.63, 3.8) is 0 Å². The van der Waals surface area contributed by atoms with E-state index in [1.807, 2.05) is 24.3 Å². The summed E-state index contributed by atoms with van der Waals surface area (Å²) in [5, 5.41) is 0. The summed E-state index contributed by atoms with van der Waals surface area (Å²) in [6.07, 6.45) is 12.3. The molecule has 0 unspecified atom stereocenters. The fourth-order valence-electron chi connectivity index (χ4n) is 3.00. The van der Waals surface area contributed by atoms with Crippen molar-refractivity contribution in [1.82, 2.24) is 0 Å². The monoisotopic (exact) mass is 358 g/mol. The molecule has 0 fully saturated rings. The van der Waals surface area contributed by atoms with Crippen molar-refractivity contribution >= 4 is 5.97 Å². The van der Waals surface area contributed by atoms with Crippen LogP contribution in [0.1, 0.15) is 69.5 Å². The van der Waals surface area contributed by atoms with Crippen LogP contribution in [0.3, 0.4) is 0 Å². The van der Waals surface area contributed by atoms with Crippen LogP contribution < -0.4 is 9.47 Å². The first-order chi connectivity index (χ1) is 12.7. The van der Waals surface area contributed by atoms with Crippen molar-refractivity contribution in [3.8, 4) is 11.5 Å². The van der Waals surface area contributed by atoms with Crippen LogP contribution >= 0.6 is 0 Å². The van der Waals surface area contributed by atoms with E-state index in [0.29, 0.717) is 18.6 Å². The molecule has 26 heavy (non-hydrogen) atoms. The molecule has 1 heterocycles. The van der Waals surface area contributed by atoms with Gasteiger partial charge in [-0.3, -0.25) is 4.79 Å². The second-order valence-electron chi connectivity index (χ2n) is 6.56. The molecule has 0 N–H and O–H groups in total. The maximum atomic E-state index is 12.2. The van der Waals surface area contributed by atoms with Crippen molar-refractivity contribution in [2.45, 2.75) is 63.9 Å². The summed E-state index contributed by atoms with van der Waals surface area (Å²) < 4.78 is 16.4. The summed E-state index contributed by atoms with van der Waals surface area (Å²) in [6, 6.07) is 5.65. The molecular formula is C22H30O4. The molecule has 2 rings (SSSR count). The average Bonchev–Trinajstić information content (AvgIpc) is 3.11. The molecule has 1 aromatic rings. The number of unbranched alkanes of at least 4 members (excludes halogenated alkanes) is 6. The summed E-state index contributed by atoms with van der Waals surface area (Å²) in [5.41, 5.74) is 0.907. The third-order valence-corrected chi connectivity index (χ3v) is 4.46. The normalized spacial score (nSPS) is 13.2. The number of ether oxygens (including phenoxy) is 3. The highest BCUT2D eigenvalue weighted by Gasteiger charge is 2.20. The topological polar surface area (TPSA) is 44.8 Å². The fraction of sp³-hybridized carbons (Fsp3) is 0.500. The van der Waals surface area contributed by atoms with Gasteiger partial charge in [-0.05, 0) is 37.0 Å². The SMILES string of the molecule is C=CCCCCCCCCC(=O)O[C@@H](CC=C)c1ccc2c(c1)OCO2. The molecule has 0 aromatic heterocycles. The molecule has 4 heteroatoms. The Labute approximate surface area is 156 Å². The Balaban J connectivity index is 1.72. The van der Waals surface area contributed by atoms with E-state index in [9.17, 15) is 4.79 Å². The lowest BCUT2D eigenvalue weighted by Gasteiger charge is -2.17. The fourth-order valence-corrected chi connectivity index (χ4v) is 3.00. The average molecular weight is 358 g/mol. The summed E-state index contributed by atoms with van der Waals surface area (Å²) in [4.78, 5) is 12.2. The third kappa shape index (κ3) is 6.58. The van der Waals surface area contributed by atoms with E-state index in [4.69, 9.17) is 14.2 Å². The summed E-state index contributed by atoms with van der Waals surface area (Å²) >= 11 is 0. The maximum Gasteiger partial charge on any atom is 0.306 e. The molecule has 0 saturated heterocycles.